The van der Waals surface area contributed by atoms with E-state index in [1.165, 1.54) is 16.8 Å². The van der Waals surface area contributed by atoms with Gasteiger partial charge in [0.15, 0.2) is 0 Å². The highest BCUT2D eigenvalue weighted by Gasteiger charge is 2.27. The molecule has 1 aromatic carbocycles. The number of nitrogens with zero attached hydrogens (tertiary/aromatic N) is 1. The molecule has 2 nitrogen and oxygen atoms in total. The Kier molecular flexibility index (Phi) is 3.20. The summed E-state index contributed by atoms with van der Waals surface area (Å²) >= 11 is 0. The van der Waals surface area contributed by atoms with Gasteiger partial charge in [-0.05, 0) is 50.8 Å². The van der Waals surface area contributed by atoms with Crippen LogP contribution in [0.25, 0.3) is 0 Å². The predicted molar refractivity (Wildman–Crippen MR) is 68.0 cm³/mol. The molecule has 0 amide bonds. The molecule has 1 heterocycles. The Morgan fingerprint density at radius 2 is 2.19 bits per heavy atom. The summed E-state index contributed by atoms with van der Waals surface area (Å²) in [5.74, 6) is 0. The SMILES string of the molecule is CC(C)N1c2cc(CCO)ccc2CC1C. The van der Waals surface area contributed by atoms with E-state index >= 15 is 0 Å². The Morgan fingerprint density at radius 3 is 2.81 bits per heavy atom. The summed E-state index contributed by atoms with van der Waals surface area (Å²) in [6, 6.07) is 7.75. The summed E-state index contributed by atoms with van der Waals surface area (Å²) in [7, 11) is 0. The van der Waals surface area contributed by atoms with E-state index in [4.69, 9.17) is 5.11 Å². The van der Waals surface area contributed by atoms with Crippen molar-refractivity contribution in [1.29, 1.82) is 0 Å². The quantitative estimate of drug-likeness (QED) is 0.843. The third-order valence-corrected chi connectivity index (χ3v) is 3.37. The number of aliphatic hydroxyl groups excluding tert-OH is 1. The van der Waals surface area contributed by atoms with Crippen molar-refractivity contribution in [2.45, 2.75) is 45.7 Å². The Balaban J connectivity index is 2.34. The lowest BCUT2D eigenvalue weighted by Crippen LogP contribution is -2.35. The van der Waals surface area contributed by atoms with Crippen LogP contribution in [0.2, 0.25) is 0 Å². The fraction of sp³-hybridized carbons (Fsp3) is 0.571. The Hall–Kier alpha value is -1.02. The maximum Gasteiger partial charge on any atom is 0.0471 e. The second-order valence-electron chi connectivity index (χ2n) is 4.99. The van der Waals surface area contributed by atoms with E-state index in [9.17, 15) is 0 Å². The highest BCUT2D eigenvalue weighted by atomic mass is 16.2. The van der Waals surface area contributed by atoms with Crippen LogP contribution in [0.15, 0.2) is 18.2 Å². The molecular formula is C14H21NO. The molecule has 88 valence electrons. The van der Waals surface area contributed by atoms with E-state index in [1.54, 1.807) is 0 Å². The summed E-state index contributed by atoms with van der Waals surface area (Å²) in [5.41, 5.74) is 4.05. The van der Waals surface area contributed by atoms with Crippen molar-refractivity contribution in [2.24, 2.45) is 0 Å². The van der Waals surface area contributed by atoms with Gasteiger partial charge < -0.3 is 10.0 Å². The molecule has 1 atom stereocenters. The first-order valence-electron chi connectivity index (χ1n) is 6.14. The van der Waals surface area contributed by atoms with Gasteiger partial charge in [-0.2, -0.15) is 0 Å². The molecule has 16 heavy (non-hydrogen) atoms. The highest BCUT2D eigenvalue weighted by Crippen LogP contribution is 2.34. The largest absolute Gasteiger partial charge is 0.396 e. The first kappa shape index (κ1) is 11.5. The van der Waals surface area contributed by atoms with Crippen LogP contribution in [0, 0.1) is 0 Å². The van der Waals surface area contributed by atoms with Crippen molar-refractivity contribution in [3.63, 3.8) is 0 Å². The molecule has 0 saturated carbocycles. The van der Waals surface area contributed by atoms with Crippen molar-refractivity contribution in [3.8, 4) is 0 Å². The molecule has 1 aliphatic heterocycles. The van der Waals surface area contributed by atoms with Crippen LogP contribution < -0.4 is 4.90 Å². The fourth-order valence-corrected chi connectivity index (χ4v) is 2.75. The minimum atomic E-state index is 0.232. The van der Waals surface area contributed by atoms with E-state index in [0.29, 0.717) is 12.1 Å². The monoisotopic (exact) mass is 219 g/mol. The van der Waals surface area contributed by atoms with Crippen molar-refractivity contribution < 1.29 is 5.11 Å². The summed E-state index contributed by atoms with van der Waals surface area (Å²) in [4.78, 5) is 2.48. The average Bonchev–Trinajstić information content (AvgIpc) is 2.53. The van der Waals surface area contributed by atoms with Crippen LogP contribution in [0.4, 0.5) is 5.69 Å². The number of benzene rings is 1. The zero-order valence-corrected chi connectivity index (χ0v) is 10.4. The van der Waals surface area contributed by atoms with E-state index < -0.39 is 0 Å². The molecule has 0 saturated heterocycles. The van der Waals surface area contributed by atoms with E-state index in [0.717, 1.165) is 12.8 Å². The van der Waals surface area contributed by atoms with Gasteiger partial charge in [0.25, 0.3) is 0 Å². The summed E-state index contributed by atoms with van der Waals surface area (Å²) in [6.45, 7) is 7.00. The van der Waals surface area contributed by atoms with Gasteiger partial charge in [-0.3, -0.25) is 0 Å². The normalized spacial score (nSPS) is 19.3. The van der Waals surface area contributed by atoms with Crippen LogP contribution in [0.1, 0.15) is 31.9 Å². The molecule has 0 radical (unpaired) electrons. The first-order valence-corrected chi connectivity index (χ1v) is 6.14. The second kappa shape index (κ2) is 4.46. The van der Waals surface area contributed by atoms with Gasteiger partial charge in [0, 0.05) is 24.4 Å². The molecule has 0 bridgehead atoms. The molecule has 0 fully saturated rings. The number of fused-ring (bicyclic) bond motifs is 1. The summed E-state index contributed by atoms with van der Waals surface area (Å²) in [5, 5.41) is 8.98. The molecule has 1 N–H and O–H groups in total. The van der Waals surface area contributed by atoms with Gasteiger partial charge >= 0.3 is 0 Å². The molecule has 0 aliphatic carbocycles. The van der Waals surface area contributed by atoms with Gasteiger partial charge in [-0.15, -0.1) is 0 Å². The van der Waals surface area contributed by atoms with Gasteiger partial charge in [-0.25, -0.2) is 0 Å². The van der Waals surface area contributed by atoms with Crippen LogP contribution in [0.3, 0.4) is 0 Å². The predicted octanol–water partition coefficient (Wildman–Crippen LogP) is 2.38. The number of anilines is 1. The van der Waals surface area contributed by atoms with E-state index in [1.807, 2.05) is 0 Å². The molecule has 1 aromatic rings. The lowest BCUT2D eigenvalue weighted by atomic mass is 10.1. The van der Waals surface area contributed by atoms with Crippen LogP contribution in [0.5, 0.6) is 0 Å². The Morgan fingerprint density at radius 1 is 1.44 bits per heavy atom. The molecular weight excluding hydrogens is 198 g/mol. The smallest absolute Gasteiger partial charge is 0.0471 e. The van der Waals surface area contributed by atoms with E-state index in [2.05, 4.69) is 43.9 Å². The van der Waals surface area contributed by atoms with Crippen molar-refractivity contribution in [3.05, 3.63) is 29.3 Å². The lowest BCUT2D eigenvalue weighted by molar-refractivity contribution is 0.299. The first-order chi connectivity index (χ1) is 7.63. The lowest BCUT2D eigenvalue weighted by Gasteiger charge is -2.29. The topological polar surface area (TPSA) is 23.5 Å². The number of hydrogen-bond acceptors (Lipinski definition) is 2. The minimum absolute atomic E-state index is 0.232. The Labute approximate surface area is 97.9 Å². The molecule has 1 aliphatic rings. The second-order valence-corrected chi connectivity index (χ2v) is 4.99. The number of aliphatic hydroxyl groups is 1. The summed E-state index contributed by atoms with van der Waals surface area (Å²) < 4.78 is 0. The van der Waals surface area contributed by atoms with E-state index in [-0.39, 0.29) is 6.61 Å². The van der Waals surface area contributed by atoms with Gasteiger partial charge in [-0.1, -0.05) is 12.1 Å². The highest BCUT2D eigenvalue weighted by molar-refractivity contribution is 5.61. The van der Waals surface area contributed by atoms with Gasteiger partial charge in [0.1, 0.15) is 0 Å². The van der Waals surface area contributed by atoms with Gasteiger partial charge in [0.2, 0.25) is 0 Å². The maximum absolute atomic E-state index is 8.98. The third-order valence-electron chi connectivity index (χ3n) is 3.37. The molecule has 2 heteroatoms. The fourth-order valence-electron chi connectivity index (χ4n) is 2.75. The van der Waals surface area contributed by atoms with Crippen molar-refractivity contribution >= 4 is 5.69 Å². The van der Waals surface area contributed by atoms with Gasteiger partial charge in [0.05, 0.1) is 0 Å². The maximum atomic E-state index is 8.98. The molecule has 2 rings (SSSR count). The zero-order chi connectivity index (χ0) is 11.7. The third kappa shape index (κ3) is 1.94. The molecule has 1 unspecified atom stereocenters. The van der Waals surface area contributed by atoms with Crippen molar-refractivity contribution in [2.75, 3.05) is 11.5 Å². The number of hydrogen-bond donors (Lipinski definition) is 1. The zero-order valence-electron chi connectivity index (χ0n) is 10.4. The molecule has 0 spiro atoms. The van der Waals surface area contributed by atoms with Crippen LogP contribution in [-0.4, -0.2) is 23.8 Å². The molecule has 0 aromatic heterocycles. The Bertz CT molecular complexity index is 373. The minimum Gasteiger partial charge on any atom is -0.396 e. The average molecular weight is 219 g/mol. The number of rotatable bonds is 3. The van der Waals surface area contributed by atoms with Crippen LogP contribution >= 0.6 is 0 Å². The standard InChI is InChI=1S/C14H21NO/c1-10(2)15-11(3)8-13-5-4-12(6-7-16)9-14(13)15/h4-5,9-11,16H,6-8H2,1-3H3. The van der Waals surface area contributed by atoms with Crippen molar-refractivity contribution in [1.82, 2.24) is 0 Å². The summed E-state index contributed by atoms with van der Waals surface area (Å²) in [6.07, 6.45) is 1.90. The van der Waals surface area contributed by atoms with Crippen LogP contribution in [-0.2, 0) is 12.8 Å².